The van der Waals surface area contributed by atoms with Crippen LogP contribution in [0, 0.1) is 6.92 Å². The van der Waals surface area contributed by atoms with Crippen LogP contribution in [0.25, 0.3) is 10.9 Å². The first-order valence-electron chi connectivity index (χ1n) is 8.70. The van der Waals surface area contributed by atoms with Crippen LogP contribution in [0.5, 0.6) is 0 Å². The van der Waals surface area contributed by atoms with Gasteiger partial charge in [0, 0.05) is 35.8 Å². The number of likely N-dealkylation sites (N-methyl/N-ethyl adjacent to an activating group) is 1. The Bertz CT molecular complexity index is 954. The predicted octanol–water partition coefficient (Wildman–Crippen LogP) is 3.75. The molecule has 26 heavy (non-hydrogen) atoms. The maximum Gasteiger partial charge on any atom is 0.245 e. The number of fused-ring (bicyclic) bond motifs is 1. The molecule has 0 radical (unpaired) electrons. The Labute approximate surface area is 152 Å². The van der Waals surface area contributed by atoms with E-state index >= 15 is 0 Å². The Balaban J connectivity index is 1.94. The van der Waals surface area contributed by atoms with Gasteiger partial charge < -0.3 is 14.0 Å². The molecule has 2 aromatic heterocycles. The van der Waals surface area contributed by atoms with Gasteiger partial charge in [0.1, 0.15) is 6.04 Å². The average molecular weight is 353 g/mol. The SMILES string of the molecule is CC[C@H](C(=O)N(C)Cc1cc(C)no1)n1cc(C(C)=O)c2ccccc21. The quantitative estimate of drug-likeness (QED) is 0.633. The van der Waals surface area contributed by atoms with Crippen molar-refractivity contribution in [3.8, 4) is 0 Å². The van der Waals surface area contributed by atoms with Gasteiger partial charge in [0.2, 0.25) is 5.91 Å². The summed E-state index contributed by atoms with van der Waals surface area (Å²) in [7, 11) is 1.75. The van der Waals surface area contributed by atoms with Crippen molar-refractivity contribution in [1.82, 2.24) is 14.6 Å². The molecule has 0 spiro atoms. The van der Waals surface area contributed by atoms with E-state index in [-0.39, 0.29) is 17.7 Å². The number of amides is 1. The van der Waals surface area contributed by atoms with Crippen LogP contribution in [-0.4, -0.2) is 33.4 Å². The second kappa shape index (κ2) is 7.15. The zero-order chi connectivity index (χ0) is 18.8. The van der Waals surface area contributed by atoms with Crippen LogP contribution >= 0.6 is 0 Å². The lowest BCUT2D eigenvalue weighted by atomic mass is 10.1. The number of ketones is 1. The number of aryl methyl sites for hydroxylation is 1. The van der Waals surface area contributed by atoms with Gasteiger partial charge in [-0.3, -0.25) is 9.59 Å². The van der Waals surface area contributed by atoms with Crippen molar-refractivity contribution in [2.45, 2.75) is 39.8 Å². The average Bonchev–Trinajstić information content (AvgIpc) is 3.19. The van der Waals surface area contributed by atoms with Crippen molar-refractivity contribution < 1.29 is 14.1 Å². The predicted molar refractivity (Wildman–Crippen MR) is 99.0 cm³/mol. The maximum atomic E-state index is 13.1. The minimum Gasteiger partial charge on any atom is -0.359 e. The van der Waals surface area contributed by atoms with E-state index in [0.717, 1.165) is 16.6 Å². The van der Waals surface area contributed by atoms with E-state index in [0.29, 0.717) is 24.3 Å². The summed E-state index contributed by atoms with van der Waals surface area (Å²) >= 11 is 0. The summed E-state index contributed by atoms with van der Waals surface area (Å²) in [4.78, 5) is 26.7. The maximum absolute atomic E-state index is 13.1. The molecule has 1 amide bonds. The van der Waals surface area contributed by atoms with Crippen LogP contribution < -0.4 is 0 Å². The lowest BCUT2D eigenvalue weighted by Gasteiger charge is -2.24. The fourth-order valence-corrected chi connectivity index (χ4v) is 3.29. The van der Waals surface area contributed by atoms with Crippen LogP contribution in [-0.2, 0) is 11.3 Å². The summed E-state index contributed by atoms with van der Waals surface area (Å²) in [5.74, 6) is 0.611. The molecule has 0 bridgehead atoms. The molecule has 3 aromatic rings. The lowest BCUT2D eigenvalue weighted by Crippen LogP contribution is -2.33. The van der Waals surface area contributed by atoms with Crippen molar-refractivity contribution in [3.05, 3.63) is 53.5 Å². The molecule has 0 unspecified atom stereocenters. The molecule has 6 nitrogen and oxygen atoms in total. The molecule has 1 aromatic carbocycles. The number of para-hydroxylation sites is 1. The fourth-order valence-electron chi connectivity index (χ4n) is 3.29. The van der Waals surface area contributed by atoms with Crippen LogP contribution in [0.1, 0.15) is 48.1 Å². The molecule has 0 N–H and O–H groups in total. The highest BCUT2D eigenvalue weighted by Gasteiger charge is 2.25. The molecule has 6 heteroatoms. The number of rotatable bonds is 6. The molecular weight excluding hydrogens is 330 g/mol. The highest BCUT2D eigenvalue weighted by molar-refractivity contribution is 6.07. The largest absolute Gasteiger partial charge is 0.359 e. The molecule has 2 heterocycles. The van der Waals surface area contributed by atoms with E-state index < -0.39 is 0 Å². The number of hydrogen-bond donors (Lipinski definition) is 0. The summed E-state index contributed by atoms with van der Waals surface area (Å²) in [6, 6.07) is 9.12. The molecule has 0 saturated carbocycles. The normalized spacial score (nSPS) is 12.3. The Morgan fingerprint density at radius 3 is 2.65 bits per heavy atom. The highest BCUT2D eigenvalue weighted by Crippen LogP contribution is 2.28. The third-order valence-corrected chi connectivity index (χ3v) is 4.57. The summed E-state index contributed by atoms with van der Waals surface area (Å²) in [5, 5.41) is 4.73. The second-order valence-electron chi connectivity index (χ2n) is 6.58. The van der Waals surface area contributed by atoms with Gasteiger partial charge in [-0.1, -0.05) is 30.3 Å². The van der Waals surface area contributed by atoms with E-state index in [1.54, 1.807) is 25.1 Å². The van der Waals surface area contributed by atoms with Crippen LogP contribution in [0.15, 0.2) is 41.1 Å². The lowest BCUT2D eigenvalue weighted by molar-refractivity contribution is -0.134. The van der Waals surface area contributed by atoms with Crippen LogP contribution in [0.3, 0.4) is 0 Å². The van der Waals surface area contributed by atoms with E-state index in [9.17, 15) is 9.59 Å². The van der Waals surface area contributed by atoms with Crippen molar-refractivity contribution >= 4 is 22.6 Å². The Morgan fingerprint density at radius 1 is 1.31 bits per heavy atom. The third-order valence-electron chi connectivity index (χ3n) is 4.57. The van der Waals surface area contributed by atoms with Gasteiger partial charge in [0.25, 0.3) is 0 Å². The van der Waals surface area contributed by atoms with Crippen LogP contribution in [0.2, 0.25) is 0 Å². The zero-order valence-electron chi connectivity index (χ0n) is 15.5. The monoisotopic (exact) mass is 353 g/mol. The van der Waals surface area contributed by atoms with Crippen molar-refractivity contribution in [2.75, 3.05) is 7.05 Å². The van der Waals surface area contributed by atoms with Gasteiger partial charge in [-0.25, -0.2) is 0 Å². The molecule has 3 rings (SSSR count). The second-order valence-corrected chi connectivity index (χ2v) is 6.58. The summed E-state index contributed by atoms with van der Waals surface area (Å²) < 4.78 is 7.13. The van der Waals surface area contributed by atoms with Gasteiger partial charge in [-0.05, 0) is 26.3 Å². The molecule has 136 valence electrons. The van der Waals surface area contributed by atoms with E-state index in [1.807, 2.05) is 48.7 Å². The minimum atomic E-state index is -0.387. The van der Waals surface area contributed by atoms with E-state index in [2.05, 4.69) is 5.16 Å². The van der Waals surface area contributed by atoms with E-state index in [4.69, 9.17) is 4.52 Å². The number of aromatic nitrogens is 2. The smallest absolute Gasteiger partial charge is 0.245 e. The number of Topliss-reactive ketones (excluding diaryl/α,β-unsaturated/α-hetero) is 1. The molecule has 1 atom stereocenters. The molecular formula is C20H23N3O3. The molecule has 0 saturated heterocycles. The van der Waals surface area contributed by atoms with Gasteiger partial charge in [0.15, 0.2) is 11.5 Å². The van der Waals surface area contributed by atoms with Crippen molar-refractivity contribution in [3.63, 3.8) is 0 Å². The number of carbonyl (C=O) groups excluding carboxylic acids is 2. The standard InChI is InChI=1S/C20H23N3O3/c1-5-18(20(25)22(4)11-15-10-13(2)21-26-15)23-12-17(14(3)24)16-8-6-7-9-19(16)23/h6-10,12,18H,5,11H2,1-4H3/t18-/m1/s1. The van der Waals surface area contributed by atoms with Gasteiger partial charge in [-0.2, -0.15) is 0 Å². The van der Waals surface area contributed by atoms with E-state index in [1.165, 1.54) is 0 Å². The molecule has 0 aliphatic heterocycles. The summed E-state index contributed by atoms with van der Waals surface area (Å²) in [6.45, 7) is 5.72. The summed E-state index contributed by atoms with van der Waals surface area (Å²) in [5.41, 5.74) is 2.32. The minimum absolute atomic E-state index is 0.00672. The zero-order valence-corrected chi connectivity index (χ0v) is 15.5. The summed E-state index contributed by atoms with van der Waals surface area (Å²) in [6.07, 6.45) is 2.42. The Kier molecular flexibility index (Phi) is 4.93. The first-order valence-corrected chi connectivity index (χ1v) is 8.70. The Morgan fingerprint density at radius 2 is 2.04 bits per heavy atom. The van der Waals surface area contributed by atoms with Crippen molar-refractivity contribution in [1.29, 1.82) is 0 Å². The third kappa shape index (κ3) is 3.27. The number of carbonyl (C=O) groups is 2. The number of nitrogens with zero attached hydrogens (tertiary/aromatic N) is 3. The van der Waals surface area contributed by atoms with Crippen molar-refractivity contribution in [2.24, 2.45) is 0 Å². The fraction of sp³-hybridized carbons (Fsp3) is 0.350. The van der Waals surface area contributed by atoms with Gasteiger partial charge in [-0.15, -0.1) is 0 Å². The molecule has 0 aliphatic rings. The Hall–Kier alpha value is -2.89. The first-order chi connectivity index (χ1) is 12.4. The van der Waals surface area contributed by atoms with Crippen LogP contribution in [0.4, 0.5) is 0 Å². The number of hydrogen-bond acceptors (Lipinski definition) is 4. The highest BCUT2D eigenvalue weighted by atomic mass is 16.5. The topological polar surface area (TPSA) is 68.3 Å². The molecule has 0 fully saturated rings. The molecule has 0 aliphatic carbocycles. The van der Waals surface area contributed by atoms with Gasteiger partial charge >= 0.3 is 0 Å². The first kappa shape index (κ1) is 17.9. The number of benzene rings is 1. The van der Waals surface area contributed by atoms with Gasteiger partial charge in [0.05, 0.1) is 12.2 Å².